The standard InChI is InChI=1S/C7H12O3.ClH/c1-3-4-5-6(2)7(8)10-9;/h9H,2-5H2,1H3;1H. The predicted molar refractivity (Wildman–Crippen MR) is 44.6 cm³/mol. The van der Waals surface area contributed by atoms with Gasteiger partial charge >= 0.3 is 5.97 Å². The average Bonchev–Trinajstić information content (AvgIpc) is 1.98. The van der Waals surface area contributed by atoms with E-state index in [1.807, 2.05) is 6.92 Å². The van der Waals surface area contributed by atoms with Crippen LogP contribution in [0.4, 0.5) is 0 Å². The van der Waals surface area contributed by atoms with E-state index in [4.69, 9.17) is 5.26 Å². The molecule has 0 unspecified atom stereocenters. The van der Waals surface area contributed by atoms with E-state index in [2.05, 4.69) is 11.5 Å². The molecule has 0 atom stereocenters. The minimum atomic E-state index is -0.728. The Kier molecular flexibility index (Phi) is 9.00. The molecule has 0 aliphatic heterocycles. The maximum absolute atomic E-state index is 10.4. The van der Waals surface area contributed by atoms with Gasteiger partial charge in [-0.1, -0.05) is 19.9 Å². The van der Waals surface area contributed by atoms with Crippen LogP contribution < -0.4 is 0 Å². The zero-order valence-corrected chi connectivity index (χ0v) is 7.32. The highest BCUT2D eigenvalue weighted by molar-refractivity contribution is 5.87. The molecule has 0 amide bonds. The second kappa shape index (κ2) is 7.57. The first-order chi connectivity index (χ1) is 4.72. The quantitative estimate of drug-likeness (QED) is 0.410. The van der Waals surface area contributed by atoms with Crippen LogP contribution in [0.5, 0.6) is 0 Å². The van der Waals surface area contributed by atoms with Gasteiger partial charge in [0, 0.05) is 5.57 Å². The summed E-state index contributed by atoms with van der Waals surface area (Å²) < 4.78 is 0. The SMILES string of the molecule is C=C(CCCC)C(=O)OO.Cl. The Morgan fingerprint density at radius 3 is 2.55 bits per heavy atom. The van der Waals surface area contributed by atoms with Gasteiger partial charge in [0.1, 0.15) is 0 Å². The monoisotopic (exact) mass is 180 g/mol. The summed E-state index contributed by atoms with van der Waals surface area (Å²) in [5.74, 6) is -0.728. The first-order valence-corrected chi connectivity index (χ1v) is 3.26. The Hall–Kier alpha value is -0.540. The number of carbonyl (C=O) groups excluding carboxylic acids is 1. The van der Waals surface area contributed by atoms with Crippen molar-refractivity contribution < 1.29 is 14.9 Å². The fourth-order valence-electron chi connectivity index (χ4n) is 0.557. The highest BCUT2D eigenvalue weighted by Gasteiger charge is 2.05. The molecule has 3 nitrogen and oxygen atoms in total. The zero-order valence-electron chi connectivity index (χ0n) is 6.50. The molecule has 0 heterocycles. The van der Waals surface area contributed by atoms with E-state index in [1.54, 1.807) is 0 Å². The number of unbranched alkanes of at least 4 members (excludes halogenated alkanes) is 1. The smallest absolute Gasteiger partial charge is 0.296 e. The zero-order chi connectivity index (χ0) is 7.98. The molecule has 0 rings (SSSR count). The second-order valence-electron chi connectivity index (χ2n) is 2.09. The second-order valence-corrected chi connectivity index (χ2v) is 2.09. The molecule has 66 valence electrons. The topological polar surface area (TPSA) is 46.5 Å². The van der Waals surface area contributed by atoms with Crippen LogP contribution in [0.15, 0.2) is 12.2 Å². The lowest BCUT2D eigenvalue weighted by molar-refractivity contribution is -0.229. The number of rotatable bonds is 4. The minimum absolute atomic E-state index is 0. The highest BCUT2D eigenvalue weighted by Crippen LogP contribution is 2.05. The van der Waals surface area contributed by atoms with Gasteiger partial charge in [0.05, 0.1) is 0 Å². The molecule has 0 aliphatic carbocycles. The first-order valence-electron chi connectivity index (χ1n) is 3.26. The number of carbonyl (C=O) groups is 1. The van der Waals surface area contributed by atoms with Crippen LogP contribution in [0, 0.1) is 0 Å². The Bertz CT molecular complexity index is 134. The molecule has 0 saturated heterocycles. The fourth-order valence-corrected chi connectivity index (χ4v) is 0.557. The number of hydrogen-bond acceptors (Lipinski definition) is 3. The van der Waals surface area contributed by atoms with E-state index in [-0.39, 0.29) is 12.4 Å². The van der Waals surface area contributed by atoms with Crippen molar-refractivity contribution in [2.45, 2.75) is 26.2 Å². The molecule has 0 aromatic heterocycles. The molecule has 0 bridgehead atoms. The number of halogens is 1. The van der Waals surface area contributed by atoms with Crippen LogP contribution in [0.3, 0.4) is 0 Å². The minimum Gasteiger partial charge on any atom is -0.296 e. The summed E-state index contributed by atoms with van der Waals surface area (Å²) in [5.41, 5.74) is 0.323. The Balaban J connectivity index is 0. The lowest BCUT2D eigenvalue weighted by atomic mass is 10.1. The van der Waals surface area contributed by atoms with Crippen LogP contribution in [-0.2, 0) is 9.68 Å². The third-order valence-electron chi connectivity index (χ3n) is 1.20. The summed E-state index contributed by atoms with van der Waals surface area (Å²) in [4.78, 5) is 13.9. The molecule has 4 heteroatoms. The van der Waals surface area contributed by atoms with E-state index >= 15 is 0 Å². The van der Waals surface area contributed by atoms with Gasteiger partial charge < -0.3 is 0 Å². The molecular formula is C7H13ClO3. The Morgan fingerprint density at radius 1 is 1.64 bits per heavy atom. The van der Waals surface area contributed by atoms with Gasteiger partial charge in [-0.2, -0.15) is 5.26 Å². The van der Waals surface area contributed by atoms with E-state index < -0.39 is 5.97 Å². The first kappa shape index (κ1) is 13.1. The molecule has 0 radical (unpaired) electrons. The summed E-state index contributed by atoms with van der Waals surface area (Å²) in [7, 11) is 0. The molecule has 0 saturated carbocycles. The van der Waals surface area contributed by atoms with Crippen LogP contribution in [0.25, 0.3) is 0 Å². The molecule has 0 fully saturated rings. The van der Waals surface area contributed by atoms with Gasteiger partial charge in [-0.05, 0) is 12.8 Å². The highest BCUT2D eigenvalue weighted by atomic mass is 35.5. The van der Waals surface area contributed by atoms with Crippen LogP contribution in [0.1, 0.15) is 26.2 Å². The maximum Gasteiger partial charge on any atom is 0.368 e. The lowest BCUT2D eigenvalue weighted by Gasteiger charge is -1.98. The van der Waals surface area contributed by atoms with Crippen molar-refractivity contribution in [3.8, 4) is 0 Å². The molecule has 1 N–H and O–H groups in total. The lowest BCUT2D eigenvalue weighted by Crippen LogP contribution is -2.03. The number of hydrogen-bond donors (Lipinski definition) is 1. The van der Waals surface area contributed by atoms with Crippen molar-refractivity contribution in [2.75, 3.05) is 0 Å². The van der Waals surface area contributed by atoms with Crippen molar-refractivity contribution in [2.24, 2.45) is 0 Å². The van der Waals surface area contributed by atoms with Gasteiger partial charge in [0.15, 0.2) is 0 Å². The summed E-state index contributed by atoms with van der Waals surface area (Å²) >= 11 is 0. The van der Waals surface area contributed by atoms with Gasteiger partial charge in [-0.25, -0.2) is 4.79 Å². The van der Waals surface area contributed by atoms with Crippen LogP contribution in [-0.4, -0.2) is 11.2 Å². The molecule has 11 heavy (non-hydrogen) atoms. The van der Waals surface area contributed by atoms with E-state index in [1.165, 1.54) is 0 Å². The molecule has 0 aromatic carbocycles. The molecule has 0 spiro atoms. The largest absolute Gasteiger partial charge is 0.368 e. The molecule has 0 aromatic rings. The van der Waals surface area contributed by atoms with E-state index in [0.29, 0.717) is 12.0 Å². The third kappa shape index (κ3) is 5.88. The van der Waals surface area contributed by atoms with Crippen molar-refractivity contribution in [3.05, 3.63) is 12.2 Å². The van der Waals surface area contributed by atoms with Crippen molar-refractivity contribution in [1.29, 1.82) is 0 Å². The van der Waals surface area contributed by atoms with Crippen molar-refractivity contribution in [3.63, 3.8) is 0 Å². The molecular weight excluding hydrogens is 168 g/mol. The van der Waals surface area contributed by atoms with Gasteiger partial charge in [0.2, 0.25) is 0 Å². The van der Waals surface area contributed by atoms with Crippen molar-refractivity contribution >= 4 is 18.4 Å². The molecule has 0 aliphatic rings. The van der Waals surface area contributed by atoms with Gasteiger partial charge in [-0.15, -0.1) is 12.4 Å². The average molecular weight is 181 g/mol. The summed E-state index contributed by atoms with van der Waals surface area (Å²) in [5, 5.41) is 7.89. The summed E-state index contributed by atoms with van der Waals surface area (Å²) in [6.07, 6.45) is 2.49. The van der Waals surface area contributed by atoms with E-state index in [9.17, 15) is 4.79 Å². The summed E-state index contributed by atoms with van der Waals surface area (Å²) in [6, 6.07) is 0. The normalized spacial score (nSPS) is 8.18. The van der Waals surface area contributed by atoms with Crippen LogP contribution in [0.2, 0.25) is 0 Å². The van der Waals surface area contributed by atoms with Crippen LogP contribution >= 0.6 is 12.4 Å². The summed E-state index contributed by atoms with van der Waals surface area (Å²) in [6.45, 7) is 5.44. The predicted octanol–water partition coefficient (Wildman–Crippen LogP) is 2.17. The third-order valence-corrected chi connectivity index (χ3v) is 1.20. The fraction of sp³-hybridized carbons (Fsp3) is 0.571. The van der Waals surface area contributed by atoms with Gasteiger partial charge in [-0.3, -0.25) is 4.89 Å². The van der Waals surface area contributed by atoms with Gasteiger partial charge in [0.25, 0.3) is 0 Å². The van der Waals surface area contributed by atoms with Crippen molar-refractivity contribution in [1.82, 2.24) is 0 Å². The Labute approximate surface area is 72.4 Å². The van der Waals surface area contributed by atoms with E-state index in [0.717, 1.165) is 12.8 Å². The Morgan fingerprint density at radius 2 is 2.18 bits per heavy atom. The maximum atomic E-state index is 10.4.